The molecular weight excluding hydrogens is 354 g/mol. The van der Waals surface area contributed by atoms with Gasteiger partial charge in [0.05, 0.1) is 7.11 Å². The summed E-state index contributed by atoms with van der Waals surface area (Å²) in [7, 11) is -2.53. The first kappa shape index (κ1) is 19.7. The Balaban J connectivity index is 1.96. The molecule has 1 aliphatic heterocycles. The van der Waals surface area contributed by atoms with Crippen LogP contribution in [0.15, 0.2) is 18.2 Å². The van der Waals surface area contributed by atoms with Gasteiger partial charge in [0.15, 0.2) is 0 Å². The highest BCUT2D eigenvalue weighted by atomic mass is 32.2. The molecule has 6 nitrogen and oxygen atoms in total. The van der Waals surface area contributed by atoms with Gasteiger partial charge >= 0.3 is 0 Å². The van der Waals surface area contributed by atoms with E-state index in [-0.39, 0.29) is 17.9 Å². The van der Waals surface area contributed by atoms with E-state index >= 15 is 0 Å². The summed E-state index contributed by atoms with van der Waals surface area (Å²) in [6, 6.07) is 2.67. The van der Waals surface area contributed by atoms with Crippen molar-refractivity contribution in [2.24, 2.45) is 5.92 Å². The lowest BCUT2D eigenvalue weighted by Crippen LogP contribution is -2.38. The highest BCUT2D eigenvalue weighted by Crippen LogP contribution is 2.25. The standard InChI is InChI=1S/C16H22F2N2O4S/c1-11(14-4-3-13(17)10-15(14)18)25(22,23)19-16(21)9-12-5-7-20(24-2)8-6-12/h3-4,10-12H,5-9H2,1-2H3,(H,19,21). The van der Waals surface area contributed by atoms with Crippen LogP contribution in [-0.4, -0.2) is 39.6 Å². The summed E-state index contributed by atoms with van der Waals surface area (Å²) < 4.78 is 53.3. The van der Waals surface area contributed by atoms with E-state index in [0.29, 0.717) is 19.2 Å². The average molecular weight is 376 g/mol. The van der Waals surface area contributed by atoms with E-state index in [4.69, 9.17) is 4.84 Å². The topological polar surface area (TPSA) is 75.7 Å². The van der Waals surface area contributed by atoms with Crippen LogP contribution >= 0.6 is 0 Å². The van der Waals surface area contributed by atoms with Crippen molar-refractivity contribution in [1.29, 1.82) is 0 Å². The second kappa shape index (κ2) is 8.20. The summed E-state index contributed by atoms with van der Waals surface area (Å²) in [5.41, 5.74) is -0.185. The summed E-state index contributed by atoms with van der Waals surface area (Å²) in [6.45, 7) is 2.61. The summed E-state index contributed by atoms with van der Waals surface area (Å²) in [5, 5.41) is 0.470. The third kappa shape index (κ3) is 5.20. The van der Waals surface area contributed by atoms with E-state index in [1.807, 2.05) is 4.72 Å². The van der Waals surface area contributed by atoms with Crippen LogP contribution in [0.1, 0.15) is 37.0 Å². The van der Waals surface area contributed by atoms with Gasteiger partial charge in [-0.05, 0) is 31.7 Å². The Kier molecular flexibility index (Phi) is 6.47. The molecule has 1 N–H and O–H groups in total. The number of sulfonamides is 1. The Hall–Kier alpha value is -1.58. The van der Waals surface area contributed by atoms with E-state index in [1.54, 1.807) is 12.2 Å². The van der Waals surface area contributed by atoms with E-state index in [1.165, 1.54) is 6.92 Å². The molecule has 0 bridgehead atoms. The Morgan fingerprint density at radius 1 is 1.36 bits per heavy atom. The normalized spacial score (nSPS) is 18.1. The van der Waals surface area contributed by atoms with Crippen LogP contribution in [0.3, 0.4) is 0 Å². The summed E-state index contributed by atoms with van der Waals surface area (Å²) >= 11 is 0. The molecule has 1 aromatic rings. The van der Waals surface area contributed by atoms with Crippen LogP contribution < -0.4 is 4.72 Å². The number of carbonyl (C=O) groups excluding carboxylic acids is 1. The molecule has 2 rings (SSSR count). The van der Waals surface area contributed by atoms with Crippen LogP contribution in [-0.2, 0) is 19.7 Å². The van der Waals surface area contributed by atoms with E-state index < -0.39 is 32.8 Å². The van der Waals surface area contributed by atoms with Gasteiger partial charge in [-0.3, -0.25) is 9.52 Å². The molecule has 1 saturated heterocycles. The van der Waals surface area contributed by atoms with E-state index in [9.17, 15) is 22.0 Å². The van der Waals surface area contributed by atoms with Crippen molar-refractivity contribution in [2.45, 2.75) is 31.4 Å². The van der Waals surface area contributed by atoms with Crippen molar-refractivity contribution in [1.82, 2.24) is 9.79 Å². The predicted octanol–water partition coefficient (Wildman–Crippen LogP) is 2.14. The molecule has 0 spiro atoms. The van der Waals surface area contributed by atoms with Crippen LogP contribution in [0.4, 0.5) is 8.78 Å². The number of rotatable bonds is 6. The van der Waals surface area contributed by atoms with Gasteiger partial charge in [-0.15, -0.1) is 0 Å². The molecule has 0 aliphatic carbocycles. The second-order valence-corrected chi connectivity index (χ2v) is 8.14. The Morgan fingerprint density at radius 3 is 2.56 bits per heavy atom. The number of benzene rings is 1. The zero-order chi connectivity index (χ0) is 18.6. The van der Waals surface area contributed by atoms with Gasteiger partial charge in [0.25, 0.3) is 0 Å². The fourth-order valence-electron chi connectivity index (χ4n) is 2.85. The van der Waals surface area contributed by atoms with Gasteiger partial charge in [0.2, 0.25) is 15.9 Å². The molecular formula is C16H22F2N2O4S. The molecule has 1 aromatic carbocycles. The number of carbonyl (C=O) groups is 1. The lowest BCUT2D eigenvalue weighted by Gasteiger charge is -2.29. The average Bonchev–Trinajstić information content (AvgIpc) is 2.54. The monoisotopic (exact) mass is 376 g/mol. The molecule has 0 aromatic heterocycles. The minimum absolute atomic E-state index is 0.0689. The third-order valence-electron chi connectivity index (χ3n) is 4.43. The van der Waals surface area contributed by atoms with Crippen LogP contribution in [0.2, 0.25) is 0 Å². The molecule has 1 fully saturated rings. The van der Waals surface area contributed by atoms with E-state index in [2.05, 4.69) is 0 Å². The molecule has 1 aliphatic rings. The van der Waals surface area contributed by atoms with E-state index in [0.717, 1.165) is 25.0 Å². The summed E-state index contributed by atoms with van der Waals surface area (Å²) in [4.78, 5) is 17.2. The molecule has 1 heterocycles. The van der Waals surface area contributed by atoms with Crippen molar-refractivity contribution in [3.63, 3.8) is 0 Å². The fourth-order valence-corrected chi connectivity index (χ4v) is 3.95. The predicted molar refractivity (Wildman–Crippen MR) is 87.8 cm³/mol. The number of hydrogen-bond acceptors (Lipinski definition) is 5. The number of hydrogen-bond donors (Lipinski definition) is 1. The Bertz CT molecular complexity index is 719. The molecule has 1 atom stereocenters. The molecule has 0 saturated carbocycles. The first-order chi connectivity index (χ1) is 11.7. The van der Waals surface area contributed by atoms with Gasteiger partial charge in [-0.1, -0.05) is 6.07 Å². The maximum atomic E-state index is 13.8. The third-order valence-corrected chi connectivity index (χ3v) is 6.12. The van der Waals surface area contributed by atoms with Crippen molar-refractivity contribution < 1.29 is 26.8 Å². The highest BCUT2D eigenvalue weighted by molar-refractivity contribution is 7.90. The zero-order valence-corrected chi connectivity index (χ0v) is 15.0. The molecule has 1 amide bonds. The molecule has 0 radical (unpaired) electrons. The van der Waals surface area contributed by atoms with Crippen molar-refractivity contribution in [2.75, 3.05) is 20.2 Å². The van der Waals surface area contributed by atoms with Crippen LogP contribution in [0.5, 0.6) is 0 Å². The second-order valence-electron chi connectivity index (χ2n) is 6.14. The first-order valence-corrected chi connectivity index (χ1v) is 9.56. The van der Waals surface area contributed by atoms with Crippen molar-refractivity contribution >= 4 is 15.9 Å². The van der Waals surface area contributed by atoms with Crippen molar-refractivity contribution in [3.8, 4) is 0 Å². The Labute approximate surface area is 146 Å². The van der Waals surface area contributed by atoms with Crippen LogP contribution in [0, 0.1) is 17.6 Å². The van der Waals surface area contributed by atoms with Gasteiger partial charge in [-0.25, -0.2) is 17.2 Å². The minimum Gasteiger partial charge on any atom is -0.302 e. The number of halogens is 2. The highest BCUT2D eigenvalue weighted by Gasteiger charge is 2.29. The number of nitrogens with zero attached hydrogens (tertiary/aromatic N) is 1. The number of piperidine rings is 1. The Morgan fingerprint density at radius 2 is 2.00 bits per heavy atom. The quantitative estimate of drug-likeness (QED) is 0.823. The number of hydroxylamine groups is 2. The van der Waals surface area contributed by atoms with Gasteiger partial charge in [-0.2, -0.15) is 5.06 Å². The largest absolute Gasteiger partial charge is 0.302 e. The number of amides is 1. The summed E-state index contributed by atoms with van der Waals surface area (Å²) in [6.07, 6.45) is 1.53. The zero-order valence-electron chi connectivity index (χ0n) is 14.2. The van der Waals surface area contributed by atoms with Gasteiger partial charge in [0.1, 0.15) is 16.9 Å². The lowest BCUT2D eigenvalue weighted by molar-refractivity contribution is -0.149. The van der Waals surface area contributed by atoms with Crippen LogP contribution in [0.25, 0.3) is 0 Å². The first-order valence-electron chi connectivity index (χ1n) is 8.01. The molecule has 25 heavy (non-hydrogen) atoms. The SMILES string of the molecule is CON1CCC(CC(=O)NS(=O)(=O)C(C)c2ccc(F)cc2F)CC1. The van der Waals surface area contributed by atoms with Gasteiger partial charge < -0.3 is 4.84 Å². The molecule has 9 heteroatoms. The maximum absolute atomic E-state index is 13.8. The molecule has 1 unspecified atom stereocenters. The molecule has 140 valence electrons. The maximum Gasteiger partial charge on any atom is 0.241 e. The number of nitrogens with one attached hydrogen (secondary N) is 1. The van der Waals surface area contributed by atoms with Gasteiger partial charge in [0, 0.05) is 31.1 Å². The minimum atomic E-state index is -4.11. The summed E-state index contributed by atoms with van der Waals surface area (Å²) in [5.74, 6) is -2.31. The van der Waals surface area contributed by atoms with Crippen molar-refractivity contribution in [3.05, 3.63) is 35.4 Å². The lowest BCUT2D eigenvalue weighted by atomic mass is 9.94. The fraction of sp³-hybridized carbons (Fsp3) is 0.562. The smallest absolute Gasteiger partial charge is 0.241 e.